The Kier molecular flexibility index (Phi) is 6.03. The Morgan fingerprint density at radius 2 is 2.30 bits per heavy atom. The van der Waals surface area contributed by atoms with Gasteiger partial charge in [0.15, 0.2) is 4.34 Å². The van der Waals surface area contributed by atoms with Gasteiger partial charge in [-0.2, -0.15) is 0 Å². The van der Waals surface area contributed by atoms with Crippen molar-refractivity contribution in [1.29, 1.82) is 0 Å². The summed E-state index contributed by atoms with van der Waals surface area (Å²) >= 11 is 8.81. The molecule has 4 nitrogen and oxygen atoms in total. The summed E-state index contributed by atoms with van der Waals surface area (Å²) in [5, 5.41) is 12.3. The monoisotopic (exact) mass is 333 g/mol. The molecule has 0 aliphatic carbocycles. The number of anilines is 1. The molecule has 0 aliphatic rings. The SMILES string of the molecule is COCCNc1nnc(SCc2c(F)cccc2Cl)s1. The van der Waals surface area contributed by atoms with Crippen molar-refractivity contribution in [3.05, 3.63) is 34.6 Å². The summed E-state index contributed by atoms with van der Waals surface area (Å²) in [4.78, 5) is 0. The summed E-state index contributed by atoms with van der Waals surface area (Å²) < 4.78 is 19.3. The van der Waals surface area contributed by atoms with Crippen molar-refractivity contribution in [3.8, 4) is 0 Å². The molecule has 1 aromatic heterocycles. The number of benzene rings is 1. The molecule has 20 heavy (non-hydrogen) atoms. The van der Waals surface area contributed by atoms with Crippen molar-refractivity contribution >= 4 is 39.8 Å². The van der Waals surface area contributed by atoms with E-state index in [1.165, 1.54) is 29.2 Å². The van der Waals surface area contributed by atoms with Gasteiger partial charge >= 0.3 is 0 Å². The van der Waals surface area contributed by atoms with Gasteiger partial charge in [-0.05, 0) is 12.1 Å². The summed E-state index contributed by atoms with van der Waals surface area (Å²) in [6, 6.07) is 4.67. The molecule has 108 valence electrons. The normalized spacial score (nSPS) is 10.8. The standard InChI is InChI=1S/C12H13ClFN3OS2/c1-18-6-5-15-11-16-17-12(20-11)19-7-8-9(13)3-2-4-10(8)14/h2-4H,5-7H2,1H3,(H,15,16). The predicted octanol–water partition coefficient (Wildman–Crippen LogP) is 3.68. The molecular weight excluding hydrogens is 321 g/mol. The predicted molar refractivity (Wildman–Crippen MR) is 81.2 cm³/mol. The van der Waals surface area contributed by atoms with E-state index in [1.807, 2.05) is 0 Å². The molecule has 0 unspecified atom stereocenters. The van der Waals surface area contributed by atoms with Crippen LogP contribution >= 0.6 is 34.7 Å². The molecule has 0 saturated heterocycles. The van der Waals surface area contributed by atoms with E-state index in [0.717, 1.165) is 9.47 Å². The van der Waals surface area contributed by atoms with Crippen molar-refractivity contribution in [2.75, 3.05) is 25.6 Å². The minimum absolute atomic E-state index is 0.298. The molecule has 2 rings (SSSR count). The molecule has 0 fully saturated rings. The average molecular weight is 334 g/mol. The lowest BCUT2D eigenvalue weighted by atomic mass is 10.2. The summed E-state index contributed by atoms with van der Waals surface area (Å²) in [6.07, 6.45) is 0. The van der Waals surface area contributed by atoms with Crippen LogP contribution in [-0.2, 0) is 10.5 Å². The Labute approximate surface area is 129 Å². The Hall–Kier alpha value is -0.890. The van der Waals surface area contributed by atoms with E-state index < -0.39 is 0 Å². The molecule has 2 aromatic rings. The number of methoxy groups -OCH3 is 1. The molecule has 0 aliphatic heterocycles. The summed E-state index contributed by atoms with van der Waals surface area (Å²) in [5.74, 6) is 0.131. The Morgan fingerprint density at radius 1 is 1.45 bits per heavy atom. The molecule has 0 spiro atoms. The fraction of sp³-hybridized carbons (Fsp3) is 0.333. The van der Waals surface area contributed by atoms with E-state index in [2.05, 4.69) is 15.5 Å². The zero-order chi connectivity index (χ0) is 14.4. The first-order valence-corrected chi connectivity index (χ1v) is 8.00. The molecule has 0 saturated carbocycles. The maximum atomic E-state index is 13.6. The van der Waals surface area contributed by atoms with Gasteiger partial charge in [0.2, 0.25) is 5.13 Å². The van der Waals surface area contributed by atoms with Crippen LogP contribution in [0.5, 0.6) is 0 Å². The summed E-state index contributed by atoms with van der Waals surface area (Å²) in [7, 11) is 1.64. The van der Waals surface area contributed by atoms with Crippen molar-refractivity contribution in [2.24, 2.45) is 0 Å². The van der Waals surface area contributed by atoms with Gasteiger partial charge in [-0.25, -0.2) is 4.39 Å². The van der Waals surface area contributed by atoms with Crippen molar-refractivity contribution < 1.29 is 9.13 Å². The molecule has 0 bridgehead atoms. The molecule has 1 heterocycles. The highest BCUT2D eigenvalue weighted by Crippen LogP contribution is 2.31. The third kappa shape index (κ3) is 4.31. The molecule has 0 amide bonds. The first kappa shape index (κ1) is 15.5. The van der Waals surface area contributed by atoms with Gasteiger partial charge < -0.3 is 10.1 Å². The van der Waals surface area contributed by atoms with E-state index >= 15 is 0 Å². The largest absolute Gasteiger partial charge is 0.383 e. The lowest BCUT2D eigenvalue weighted by Crippen LogP contribution is -2.06. The summed E-state index contributed by atoms with van der Waals surface area (Å²) in [5.41, 5.74) is 0.489. The highest BCUT2D eigenvalue weighted by molar-refractivity contribution is 8.00. The van der Waals surface area contributed by atoms with Gasteiger partial charge in [0.25, 0.3) is 0 Å². The maximum Gasteiger partial charge on any atom is 0.206 e. The Balaban J connectivity index is 1.91. The number of ether oxygens (including phenoxy) is 1. The molecule has 0 atom stereocenters. The topological polar surface area (TPSA) is 47.0 Å². The van der Waals surface area contributed by atoms with Crippen LogP contribution < -0.4 is 5.32 Å². The maximum absolute atomic E-state index is 13.6. The number of nitrogens with one attached hydrogen (secondary N) is 1. The van der Waals surface area contributed by atoms with Gasteiger partial charge in [-0.3, -0.25) is 0 Å². The van der Waals surface area contributed by atoms with Crippen LogP contribution in [0.25, 0.3) is 0 Å². The van der Waals surface area contributed by atoms with E-state index in [1.54, 1.807) is 19.2 Å². The van der Waals surface area contributed by atoms with E-state index in [-0.39, 0.29) is 5.82 Å². The van der Waals surface area contributed by atoms with Gasteiger partial charge in [0.1, 0.15) is 5.82 Å². The molecule has 8 heteroatoms. The molecular formula is C12H13ClFN3OS2. The summed E-state index contributed by atoms with van der Waals surface area (Å²) in [6.45, 7) is 1.28. The number of thioether (sulfide) groups is 1. The number of nitrogens with zero attached hydrogens (tertiary/aromatic N) is 2. The highest BCUT2D eigenvalue weighted by atomic mass is 35.5. The van der Waals surface area contributed by atoms with Gasteiger partial charge in [0, 0.05) is 30.0 Å². The molecule has 1 N–H and O–H groups in total. The fourth-order valence-electron chi connectivity index (χ4n) is 1.40. The number of rotatable bonds is 7. The van der Waals surface area contributed by atoms with E-state index in [0.29, 0.717) is 29.5 Å². The van der Waals surface area contributed by atoms with Crippen LogP contribution in [0.1, 0.15) is 5.56 Å². The van der Waals surface area contributed by atoms with Gasteiger partial charge in [-0.1, -0.05) is 40.8 Å². The second-order valence-electron chi connectivity index (χ2n) is 3.78. The average Bonchev–Trinajstić information content (AvgIpc) is 2.86. The van der Waals surface area contributed by atoms with Crippen molar-refractivity contribution in [1.82, 2.24) is 10.2 Å². The van der Waals surface area contributed by atoms with Crippen LogP contribution in [0, 0.1) is 5.82 Å². The second kappa shape index (κ2) is 7.78. The van der Waals surface area contributed by atoms with Crippen molar-refractivity contribution in [3.63, 3.8) is 0 Å². The molecule has 0 radical (unpaired) electrons. The highest BCUT2D eigenvalue weighted by Gasteiger charge is 2.10. The number of halogens is 2. The smallest absolute Gasteiger partial charge is 0.206 e. The zero-order valence-electron chi connectivity index (χ0n) is 10.7. The lowest BCUT2D eigenvalue weighted by Gasteiger charge is -2.03. The molecule has 1 aromatic carbocycles. The van der Waals surface area contributed by atoms with Crippen LogP contribution in [0.2, 0.25) is 5.02 Å². The van der Waals surface area contributed by atoms with Crippen LogP contribution in [-0.4, -0.2) is 30.5 Å². The number of aromatic nitrogens is 2. The zero-order valence-corrected chi connectivity index (χ0v) is 13.1. The lowest BCUT2D eigenvalue weighted by molar-refractivity contribution is 0.211. The van der Waals surface area contributed by atoms with E-state index in [4.69, 9.17) is 16.3 Å². The number of hydrogen-bond acceptors (Lipinski definition) is 6. The fourth-order valence-corrected chi connectivity index (χ4v) is 3.52. The first-order chi connectivity index (χ1) is 9.70. The quantitative estimate of drug-likeness (QED) is 0.618. The van der Waals surface area contributed by atoms with Gasteiger partial charge in [-0.15, -0.1) is 10.2 Å². The Morgan fingerprint density at radius 3 is 3.05 bits per heavy atom. The third-order valence-corrected chi connectivity index (χ3v) is 4.79. The Bertz CT molecular complexity index is 547. The van der Waals surface area contributed by atoms with Crippen LogP contribution in [0.4, 0.5) is 9.52 Å². The van der Waals surface area contributed by atoms with Gasteiger partial charge in [0.05, 0.1) is 6.61 Å². The van der Waals surface area contributed by atoms with Crippen LogP contribution in [0.15, 0.2) is 22.5 Å². The first-order valence-electron chi connectivity index (χ1n) is 5.82. The minimum atomic E-state index is -0.298. The second-order valence-corrected chi connectivity index (χ2v) is 6.39. The van der Waals surface area contributed by atoms with Crippen molar-refractivity contribution in [2.45, 2.75) is 10.1 Å². The van der Waals surface area contributed by atoms with Crippen LogP contribution in [0.3, 0.4) is 0 Å². The van der Waals surface area contributed by atoms with E-state index in [9.17, 15) is 4.39 Å². The third-order valence-electron chi connectivity index (χ3n) is 2.39. The minimum Gasteiger partial charge on any atom is -0.383 e. The number of hydrogen-bond donors (Lipinski definition) is 1.